The molecule has 0 spiro atoms. The van der Waals surface area contributed by atoms with Crippen molar-refractivity contribution in [1.29, 1.82) is 0 Å². The fourth-order valence-corrected chi connectivity index (χ4v) is 1.83. The normalized spacial score (nSPS) is 11.5. The molecule has 1 heteroatoms. The molecule has 0 saturated carbocycles. The van der Waals surface area contributed by atoms with Gasteiger partial charge in [-0.1, -0.05) is 56.2 Å². The van der Waals surface area contributed by atoms with E-state index in [-0.39, 0.29) is 0 Å². The van der Waals surface area contributed by atoms with E-state index >= 15 is 0 Å². The van der Waals surface area contributed by atoms with Crippen LogP contribution in [0.25, 0.3) is 0 Å². The molecule has 21 heavy (non-hydrogen) atoms. The molecule has 0 amide bonds. The zero-order chi connectivity index (χ0) is 15.4. The van der Waals surface area contributed by atoms with Crippen LogP contribution in [0.4, 0.5) is 0 Å². The van der Waals surface area contributed by atoms with Crippen molar-refractivity contribution in [2.45, 2.75) is 64.7 Å². The third-order valence-electron chi connectivity index (χ3n) is 3.11. The average Bonchev–Trinajstić information content (AvgIpc) is 2.50. The average molecular weight is 287 g/mol. The molecule has 0 aromatic heterocycles. The Morgan fingerprint density at radius 1 is 0.810 bits per heavy atom. The summed E-state index contributed by atoms with van der Waals surface area (Å²) in [5, 5.41) is 0. The Morgan fingerprint density at radius 2 is 1.52 bits per heavy atom. The molecule has 0 aromatic rings. The van der Waals surface area contributed by atoms with Crippen molar-refractivity contribution in [2.24, 2.45) is 5.73 Å². The van der Waals surface area contributed by atoms with Gasteiger partial charge < -0.3 is 5.73 Å². The summed E-state index contributed by atoms with van der Waals surface area (Å²) in [5.74, 6) is 0. The van der Waals surface area contributed by atoms with Crippen LogP contribution in [-0.2, 0) is 0 Å². The first-order valence-corrected chi connectivity index (χ1v) is 8.48. The Morgan fingerprint density at radius 3 is 2.33 bits per heavy atom. The number of unbranched alkanes of at least 4 members (excludes halogenated alkanes) is 5. The summed E-state index contributed by atoms with van der Waals surface area (Å²) < 4.78 is 0. The minimum atomic E-state index is 0.807. The fourth-order valence-electron chi connectivity index (χ4n) is 1.83. The van der Waals surface area contributed by atoms with Crippen LogP contribution >= 0.6 is 0 Å². The molecule has 0 unspecified atom stereocenters. The number of rotatable bonds is 13. The standard InChI is InChI=1S/C20H33N/c1-2-3-4-5-6-7-8-9-10-11-12-13-14-15-16-17-18-19-20-21/h6-8,10,12-13,15-16H,2-5,11,14,17-21H2,1H3/b7-6-,13-12-,16-15-. The summed E-state index contributed by atoms with van der Waals surface area (Å²) in [4.78, 5) is 0. The highest BCUT2D eigenvalue weighted by Crippen LogP contribution is 1.99. The van der Waals surface area contributed by atoms with Crippen LogP contribution < -0.4 is 5.73 Å². The van der Waals surface area contributed by atoms with Crippen LogP contribution in [0.5, 0.6) is 0 Å². The maximum Gasteiger partial charge on any atom is -0.00772 e. The molecule has 2 N–H and O–H groups in total. The maximum atomic E-state index is 5.44. The van der Waals surface area contributed by atoms with Crippen molar-refractivity contribution in [2.75, 3.05) is 6.54 Å². The van der Waals surface area contributed by atoms with Crippen molar-refractivity contribution in [1.82, 2.24) is 0 Å². The molecule has 118 valence electrons. The second-order valence-electron chi connectivity index (χ2n) is 5.16. The summed E-state index contributed by atoms with van der Waals surface area (Å²) >= 11 is 0. The molecule has 0 aliphatic rings. The van der Waals surface area contributed by atoms with E-state index in [2.05, 4.69) is 55.2 Å². The highest BCUT2D eigenvalue weighted by atomic mass is 14.5. The van der Waals surface area contributed by atoms with E-state index in [1.807, 2.05) is 6.08 Å². The molecule has 0 heterocycles. The third-order valence-corrected chi connectivity index (χ3v) is 3.11. The van der Waals surface area contributed by atoms with E-state index in [1.165, 1.54) is 32.1 Å². The predicted octanol–water partition coefficient (Wildman–Crippen LogP) is 5.86. The minimum Gasteiger partial charge on any atom is -0.330 e. The molecule has 0 aliphatic heterocycles. The Hall–Kier alpha value is -1.30. The Balaban J connectivity index is 3.50. The highest BCUT2D eigenvalue weighted by molar-refractivity contribution is 5.04. The molecule has 0 radical (unpaired) electrons. The molecule has 0 bridgehead atoms. The largest absolute Gasteiger partial charge is 0.330 e. The van der Waals surface area contributed by atoms with Crippen molar-refractivity contribution in [3.05, 3.63) is 54.3 Å². The van der Waals surface area contributed by atoms with E-state index < -0.39 is 0 Å². The van der Waals surface area contributed by atoms with Gasteiger partial charge in [-0.25, -0.2) is 0 Å². The summed E-state index contributed by atoms with van der Waals surface area (Å²) in [6.07, 6.45) is 27.8. The molecule has 0 atom stereocenters. The van der Waals surface area contributed by atoms with Crippen LogP contribution in [0.15, 0.2) is 54.3 Å². The van der Waals surface area contributed by atoms with Crippen molar-refractivity contribution < 1.29 is 0 Å². The number of nitrogens with two attached hydrogens (primary N) is 1. The summed E-state index contributed by atoms with van der Waals surface area (Å²) in [5.41, 5.74) is 8.63. The Kier molecular flexibility index (Phi) is 17.5. The van der Waals surface area contributed by atoms with E-state index in [1.54, 1.807) is 0 Å². The molecular formula is C20H33N. The maximum absolute atomic E-state index is 5.44. The van der Waals surface area contributed by atoms with Gasteiger partial charge in [0.1, 0.15) is 0 Å². The monoisotopic (exact) mass is 287 g/mol. The SMILES string of the molecule is CCCCC/C=C\C=C=CC/C=C\C/C=C\CCCCN. The molecule has 1 nitrogen and oxygen atoms in total. The number of hydrogen-bond acceptors (Lipinski definition) is 1. The van der Waals surface area contributed by atoms with E-state index in [4.69, 9.17) is 5.73 Å². The molecule has 0 saturated heterocycles. The zero-order valence-electron chi connectivity index (χ0n) is 13.8. The minimum absolute atomic E-state index is 0.807. The van der Waals surface area contributed by atoms with Crippen LogP contribution in [-0.4, -0.2) is 6.54 Å². The van der Waals surface area contributed by atoms with Gasteiger partial charge in [0.05, 0.1) is 0 Å². The molecule has 0 fully saturated rings. The van der Waals surface area contributed by atoms with Gasteiger partial charge in [-0.2, -0.15) is 0 Å². The lowest BCUT2D eigenvalue weighted by molar-refractivity contribution is 0.729. The molecule has 0 aromatic carbocycles. The lowest BCUT2D eigenvalue weighted by Crippen LogP contribution is -1.96. The van der Waals surface area contributed by atoms with Crippen molar-refractivity contribution in [3.8, 4) is 0 Å². The van der Waals surface area contributed by atoms with Crippen LogP contribution in [0.2, 0.25) is 0 Å². The van der Waals surface area contributed by atoms with Gasteiger partial charge in [0.25, 0.3) is 0 Å². The summed E-state index contributed by atoms with van der Waals surface area (Å²) in [6.45, 7) is 3.04. The first-order chi connectivity index (χ1) is 10.4. The quantitative estimate of drug-likeness (QED) is 0.195. The first kappa shape index (κ1) is 19.7. The predicted molar refractivity (Wildman–Crippen MR) is 96.4 cm³/mol. The van der Waals surface area contributed by atoms with Crippen LogP contribution in [0.1, 0.15) is 64.7 Å². The van der Waals surface area contributed by atoms with Crippen molar-refractivity contribution in [3.63, 3.8) is 0 Å². The van der Waals surface area contributed by atoms with Gasteiger partial charge in [-0.15, -0.1) is 5.73 Å². The lowest BCUT2D eigenvalue weighted by atomic mass is 10.2. The summed E-state index contributed by atoms with van der Waals surface area (Å²) in [6, 6.07) is 0. The van der Waals surface area contributed by atoms with Crippen LogP contribution in [0.3, 0.4) is 0 Å². The van der Waals surface area contributed by atoms with E-state index in [0.717, 1.165) is 32.2 Å². The van der Waals surface area contributed by atoms with Gasteiger partial charge in [0.2, 0.25) is 0 Å². The van der Waals surface area contributed by atoms with Crippen LogP contribution in [0, 0.1) is 0 Å². The zero-order valence-corrected chi connectivity index (χ0v) is 13.8. The third kappa shape index (κ3) is 18.7. The van der Waals surface area contributed by atoms with Gasteiger partial charge in [0.15, 0.2) is 0 Å². The first-order valence-electron chi connectivity index (χ1n) is 8.48. The number of allylic oxidation sites excluding steroid dienone is 7. The second kappa shape index (κ2) is 18.7. The number of hydrogen-bond donors (Lipinski definition) is 1. The van der Waals surface area contributed by atoms with Crippen molar-refractivity contribution >= 4 is 0 Å². The fraction of sp³-hybridized carbons (Fsp3) is 0.550. The van der Waals surface area contributed by atoms with Gasteiger partial charge in [0, 0.05) is 0 Å². The van der Waals surface area contributed by atoms with Gasteiger partial charge in [-0.05, 0) is 63.6 Å². The summed E-state index contributed by atoms with van der Waals surface area (Å²) in [7, 11) is 0. The second-order valence-corrected chi connectivity index (χ2v) is 5.16. The highest BCUT2D eigenvalue weighted by Gasteiger charge is 1.81. The van der Waals surface area contributed by atoms with Gasteiger partial charge >= 0.3 is 0 Å². The van der Waals surface area contributed by atoms with Gasteiger partial charge in [-0.3, -0.25) is 0 Å². The smallest absolute Gasteiger partial charge is 0.00772 e. The molecule has 0 aliphatic carbocycles. The molecular weight excluding hydrogens is 254 g/mol. The Bertz CT molecular complexity index is 341. The Labute approximate surface area is 132 Å². The van der Waals surface area contributed by atoms with E-state index in [0.29, 0.717) is 0 Å². The lowest BCUT2D eigenvalue weighted by Gasteiger charge is -1.90. The molecule has 0 rings (SSSR count). The topological polar surface area (TPSA) is 26.0 Å². The van der Waals surface area contributed by atoms with E-state index in [9.17, 15) is 0 Å².